The highest BCUT2D eigenvalue weighted by Gasteiger charge is 2.12. The molecular formula is C19H22N2O3. The molecule has 0 aromatic heterocycles. The third-order valence-corrected chi connectivity index (χ3v) is 3.64. The molecule has 0 saturated heterocycles. The number of nitrogens with one attached hydrogen (secondary N) is 1. The Morgan fingerprint density at radius 2 is 1.71 bits per heavy atom. The lowest BCUT2D eigenvalue weighted by atomic mass is 10.2. The Hall–Kier alpha value is -2.82. The molecule has 2 aromatic rings. The van der Waals surface area contributed by atoms with Crippen molar-refractivity contribution >= 4 is 17.5 Å². The third kappa shape index (κ3) is 5.43. The fourth-order valence-corrected chi connectivity index (χ4v) is 2.29. The summed E-state index contributed by atoms with van der Waals surface area (Å²) in [4.78, 5) is 25.5. The van der Waals surface area contributed by atoms with Crippen molar-refractivity contribution in [2.45, 2.75) is 19.9 Å². The topological polar surface area (TPSA) is 58.6 Å². The van der Waals surface area contributed by atoms with Crippen LogP contribution in [0.5, 0.6) is 5.75 Å². The van der Waals surface area contributed by atoms with Gasteiger partial charge in [0.1, 0.15) is 5.75 Å². The molecule has 0 atom stereocenters. The molecule has 1 N–H and O–H groups in total. The second-order valence-corrected chi connectivity index (χ2v) is 5.45. The van der Waals surface area contributed by atoms with Gasteiger partial charge in [-0.05, 0) is 29.8 Å². The summed E-state index contributed by atoms with van der Waals surface area (Å²) in [5.74, 6) is 0.564. The lowest BCUT2D eigenvalue weighted by Crippen LogP contribution is -2.31. The van der Waals surface area contributed by atoms with Crippen LogP contribution in [-0.2, 0) is 16.1 Å². The van der Waals surface area contributed by atoms with Crippen molar-refractivity contribution in [2.24, 2.45) is 0 Å². The zero-order valence-electron chi connectivity index (χ0n) is 14.0. The van der Waals surface area contributed by atoms with Gasteiger partial charge in [-0.1, -0.05) is 30.3 Å². The molecule has 0 heterocycles. The number of ether oxygens (including phenoxy) is 1. The van der Waals surface area contributed by atoms with E-state index >= 15 is 0 Å². The first-order chi connectivity index (χ1) is 11.6. The summed E-state index contributed by atoms with van der Waals surface area (Å²) in [5, 5.41) is 2.82. The minimum Gasteiger partial charge on any atom is -0.497 e. The largest absolute Gasteiger partial charge is 0.497 e. The van der Waals surface area contributed by atoms with Crippen molar-refractivity contribution in [2.75, 3.05) is 19.0 Å². The number of carbonyl (C=O) groups excluding carboxylic acids is 2. The van der Waals surface area contributed by atoms with Gasteiger partial charge in [0.25, 0.3) is 0 Å². The summed E-state index contributed by atoms with van der Waals surface area (Å²) >= 11 is 0. The minimum atomic E-state index is -0.125. The molecule has 0 radical (unpaired) electrons. The fourth-order valence-electron chi connectivity index (χ4n) is 2.29. The molecule has 24 heavy (non-hydrogen) atoms. The van der Waals surface area contributed by atoms with E-state index in [1.807, 2.05) is 30.3 Å². The molecule has 2 amide bonds. The molecule has 0 aliphatic heterocycles. The predicted molar refractivity (Wildman–Crippen MR) is 93.8 cm³/mol. The van der Waals surface area contributed by atoms with Gasteiger partial charge in [0, 0.05) is 32.1 Å². The minimum absolute atomic E-state index is 0.0453. The van der Waals surface area contributed by atoms with E-state index < -0.39 is 0 Å². The Kier molecular flexibility index (Phi) is 6.37. The summed E-state index contributed by atoms with van der Waals surface area (Å²) in [6.45, 7) is 2.41. The standard InChI is InChI=1S/C19H22N2O3/c1-15(22)21(14-16-6-4-3-5-7-16)13-12-19(23)20-17-8-10-18(24-2)11-9-17/h3-11H,12-14H2,1-2H3,(H,20,23). The Labute approximate surface area is 142 Å². The monoisotopic (exact) mass is 326 g/mol. The molecule has 0 spiro atoms. The molecule has 0 saturated carbocycles. The lowest BCUT2D eigenvalue weighted by molar-refractivity contribution is -0.129. The van der Waals surface area contributed by atoms with Crippen molar-refractivity contribution in [1.29, 1.82) is 0 Å². The van der Waals surface area contributed by atoms with Crippen LogP contribution < -0.4 is 10.1 Å². The van der Waals surface area contributed by atoms with Gasteiger partial charge in [-0.25, -0.2) is 0 Å². The van der Waals surface area contributed by atoms with Crippen molar-refractivity contribution in [3.05, 3.63) is 60.2 Å². The highest BCUT2D eigenvalue weighted by atomic mass is 16.5. The van der Waals surface area contributed by atoms with E-state index in [0.29, 0.717) is 18.8 Å². The van der Waals surface area contributed by atoms with E-state index in [4.69, 9.17) is 4.74 Å². The predicted octanol–water partition coefficient (Wildman–Crippen LogP) is 3.07. The lowest BCUT2D eigenvalue weighted by Gasteiger charge is -2.21. The van der Waals surface area contributed by atoms with Crippen LogP contribution in [0, 0.1) is 0 Å². The Balaban J connectivity index is 1.86. The molecular weight excluding hydrogens is 304 g/mol. The van der Waals surface area contributed by atoms with E-state index in [0.717, 1.165) is 11.3 Å². The van der Waals surface area contributed by atoms with Crippen LogP contribution in [0.15, 0.2) is 54.6 Å². The molecule has 0 aliphatic carbocycles. The van der Waals surface area contributed by atoms with Gasteiger partial charge in [0.15, 0.2) is 0 Å². The molecule has 5 heteroatoms. The summed E-state index contributed by atoms with van der Waals surface area (Å²) in [5.41, 5.74) is 1.75. The van der Waals surface area contributed by atoms with Crippen LogP contribution >= 0.6 is 0 Å². The average Bonchev–Trinajstić information content (AvgIpc) is 2.60. The molecule has 2 rings (SSSR count). The number of benzene rings is 2. The number of nitrogens with zero attached hydrogens (tertiary/aromatic N) is 1. The Bertz CT molecular complexity index is 669. The quantitative estimate of drug-likeness (QED) is 0.850. The van der Waals surface area contributed by atoms with Crippen LogP contribution in [-0.4, -0.2) is 30.4 Å². The van der Waals surface area contributed by atoms with Gasteiger partial charge in [-0.15, -0.1) is 0 Å². The molecule has 126 valence electrons. The van der Waals surface area contributed by atoms with Crippen molar-refractivity contribution in [3.8, 4) is 5.75 Å². The smallest absolute Gasteiger partial charge is 0.226 e. The molecule has 0 aliphatic rings. The van der Waals surface area contributed by atoms with Crippen LogP contribution in [0.25, 0.3) is 0 Å². The Morgan fingerprint density at radius 3 is 2.29 bits per heavy atom. The Morgan fingerprint density at radius 1 is 1.04 bits per heavy atom. The first-order valence-corrected chi connectivity index (χ1v) is 7.82. The van der Waals surface area contributed by atoms with Crippen molar-refractivity contribution < 1.29 is 14.3 Å². The SMILES string of the molecule is COc1ccc(NC(=O)CCN(Cc2ccccc2)C(C)=O)cc1. The normalized spacial score (nSPS) is 10.1. The van der Waals surface area contributed by atoms with Gasteiger partial charge in [0.2, 0.25) is 11.8 Å². The second kappa shape index (κ2) is 8.72. The molecule has 5 nitrogen and oxygen atoms in total. The van der Waals surface area contributed by atoms with Crippen molar-refractivity contribution in [1.82, 2.24) is 4.90 Å². The maximum atomic E-state index is 12.1. The van der Waals surface area contributed by atoms with Crippen LogP contribution in [0.4, 0.5) is 5.69 Å². The molecule has 0 fully saturated rings. The summed E-state index contributed by atoms with van der Waals surface area (Å²) in [7, 11) is 1.59. The highest BCUT2D eigenvalue weighted by Crippen LogP contribution is 2.15. The summed E-state index contributed by atoms with van der Waals surface area (Å²) in [6, 6.07) is 16.9. The van der Waals surface area contributed by atoms with Gasteiger partial charge in [-0.2, -0.15) is 0 Å². The number of carbonyl (C=O) groups is 2. The summed E-state index contributed by atoms with van der Waals surface area (Å²) in [6.07, 6.45) is 0.248. The number of amides is 2. The van der Waals surface area contributed by atoms with Crippen LogP contribution in [0.2, 0.25) is 0 Å². The third-order valence-electron chi connectivity index (χ3n) is 3.64. The molecule has 0 bridgehead atoms. The first kappa shape index (κ1) is 17.5. The number of rotatable bonds is 7. The zero-order chi connectivity index (χ0) is 17.4. The molecule has 0 unspecified atom stereocenters. The number of anilines is 1. The zero-order valence-corrected chi connectivity index (χ0v) is 14.0. The van der Waals surface area contributed by atoms with E-state index in [2.05, 4.69) is 5.32 Å². The van der Waals surface area contributed by atoms with E-state index in [9.17, 15) is 9.59 Å². The highest BCUT2D eigenvalue weighted by molar-refractivity contribution is 5.91. The van der Waals surface area contributed by atoms with Crippen LogP contribution in [0.3, 0.4) is 0 Å². The van der Waals surface area contributed by atoms with Gasteiger partial charge in [0.05, 0.1) is 7.11 Å². The number of hydrogen-bond donors (Lipinski definition) is 1. The first-order valence-electron chi connectivity index (χ1n) is 7.82. The average molecular weight is 326 g/mol. The van der Waals surface area contributed by atoms with E-state index in [-0.39, 0.29) is 18.2 Å². The summed E-state index contributed by atoms with van der Waals surface area (Å²) < 4.78 is 5.08. The van der Waals surface area contributed by atoms with Gasteiger partial charge < -0.3 is 15.0 Å². The second-order valence-electron chi connectivity index (χ2n) is 5.45. The number of hydrogen-bond acceptors (Lipinski definition) is 3. The van der Waals surface area contributed by atoms with E-state index in [1.54, 1.807) is 36.3 Å². The van der Waals surface area contributed by atoms with Crippen LogP contribution in [0.1, 0.15) is 18.9 Å². The maximum absolute atomic E-state index is 12.1. The number of methoxy groups -OCH3 is 1. The van der Waals surface area contributed by atoms with Gasteiger partial charge in [-0.3, -0.25) is 9.59 Å². The fraction of sp³-hybridized carbons (Fsp3) is 0.263. The molecule has 2 aromatic carbocycles. The maximum Gasteiger partial charge on any atom is 0.226 e. The van der Waals surface area contributed by atoms with E-state index in [1.165, 1.54) is 6.92 Å². The van der Waals surface area contributed by atoms with Gasteiger partial charge >= 0.3 is 0 Å². The van der Waals surface area contributed by atoms with Crippen molar-refractivity contribution in [3.63, 3.8) is 0 Å².